The molecule has 0 bridgehead atoms. The maximum atomic E-state index is 13.1. The van der Waals surface area contributed by atoms with E-state index in [9.17, 15) is 9.59 Å². The molecule has 0 saturated carbocycles. The molecule has 1 aromatic rings. The second kappa shape index (κ2) is 8.34. The lowest BCUT2D eigenvalue weighted by Gasteiger charge is -2.47. The molecule has 6 nitrogen and oxygen atoms in total. The van der Waals surface area contributed by atoms with Gasteiger partial charge in [-0.05, 0) is 56.1 Å². The van der Waals surface area contributed by atoms with E-state index in [2.05, 4.69) is 0 Å². The minimum Gasteiger partial charge on any atom is -0.496 e. The lowest BCUT2D eigenvalue weighted by Crippen LogP contribution is -2.53. The minimum absolute atomic E-state index is 0.0449. The molecular formula is C23H32N2O4. The molecule has 6 heteroatoms. The predicted octanol–water partition coefficient (Wildman–Crippen LogP) is 3.03. The molecular weight excluding hydrogens is 368 g/mol. The first-order valence-corrected chi connectivity index (χ1v) is 10.8. The average Bonchev–Trinajstić information content (AvgIpc) is 3.24. The number of ether oxygens (including phenoxy) is 2. The number of hydrogen-bond donors (Lipinski definition) is 0. The van der Waals surface area contributed by atoms with Crippen LogP contribution in [0.25, 0.3) is 0 Å². The van der Waals surface area contributed by atoms with E-state index in [1.807, 2.05) is 34.9 Å². The van der Waals surface area contributed by atoms with Gasteiger partial charge in [0.2, 0.25) is 5.91 Å². The van der Waals surface area contributed by atoms with E-state index in [-0.39, 0.29) is 23.3 Å². The van der Waals surface area contributed by atoms with Crippen molar-refractivity contribution in [3.8, 4) is 5.75 Å². The molecule has 0 unspecified atom stereocenters. The highest BCUT2D eigenvalue weighted by molar-refractivity contribution is 5.97. The van der Waals surface area contributed by atoms with Crippen molar-refractivity contribution in [2.45, 2.75) is 51.6 Å². The molecule has 0 aromatic heterocycles. The quantitative estimate of drug-likeness (QED) is 0.780. The van der Waals surface area contributed by atoms with Crippen molar-refractivity contribution in [3.05, 3.63) is 29.3 Å². The lowest BCUT2D eigenvalue weighted by atomic mass is 9.72. The monoisotopic (exact) mass is 400 g/mol. The molecule has 1 aromatic carbocycles. The number of amides is 2. The number of methoxy groups -OCH3 is 1. The van der Waals surface area contributed by atoms with E-state index < -0.39 is 0 Å². The number of likely N-dealkylation sites (tertiary alicyclic amines) is 2. The summed E-state index contributed by atoms with van der Waals surface area (Å²) in [6.07, 6.45) is 5.79. The van der Waals surface area contributed by atoms with Gasteiger partial charge >= 0.3 is 0 Å². The fourth-order valence-corrected chi connectivity index (χ4v) is 5.16. The third-order valence-corrected chi connectivity index (χ3v) is 6.95. The molecule has 29 heavy (non-hydrogen) atoms. The number of para-hydroxylation sites is 1. The molecule has 0 radical (unpaired) electrons. The number of carbonyl (C=O) groups is 2. The second-order valence-corrected chi connectivity index (χ2v) is 8.86. The number of piperidine rings is 2. The summed E-state index contributed by atoms with van der Waals surface area (Å²) < 4.78 is 11.2. The Kier molecular flexibility index (Phi) is 5.81. The van der Waals surface area contributed by atoms with Crippen LogP contribution in [0.5, 0.6) is 5.75 Å². The largest absolute Gasteiger partial charge is 0.496 e. The normalized spacial score (nSPS) is 24.2. The van der Waals surface area contributed by atoms with Gasteiger partial charge in [-0.2, -0.15) is 0 Å². The number of aryl methyl sites for hydroxylation is 1. The van der Waals surface area contributed by atoms with Crippen LogP contribution in [0.15, 0.2) is 18.2 Å². The number of carbonyl (C=O) groups excluding carboxylic acids is 2. The number of nitrogens with zero attached hydrogens (tertiary/aromatic N) is 2. The second-order valence-electron chi connectivity index (χ2n) is 8.86. The summed E-state index contributed by atoms with van der Waals surface area (Å²) in [5, 5.41) is 0. The van der Waals surface area contributed by atoms with Crippen LogP contribution in [0, 0.1) is 12.3 Å². The third-order valence-electron chi connectivity index (χ3n) is 6.95. The molecule has 0 N–H and O–H groups in total. The zero-order chi connectivity index (χ0) is 20.4. The van der Waals surface area contributed by atoms with Crippen LogP contribution in [0.3, 0.4) is 0 Å². The van der Waals surface area contributed by atoms with E-state index in [1.165, 1.54) is 0 Å². The van der Waals surface area contributed by atoms with Gasteiger partial charge in [-0.1, -0.05) is 12.1 Å². The van der Waals surface area contributed by atoms with Gasteiger partial charge in [-0.25, -0.2) is 0 Å². The Hall–Kier alpha value is -2.08. The molecule has 3 heterocycles. The first-order valence-electron chi connectivity index (χ1n) is 10.8. The Bertz CT molecular complexity index is 764. The van der Waals surface area contributed by atoms with E-state index in [0.717, 1.165) is 70.5 Å². The first-order chi connectivity index (χ1) is 14.0. The summed E-state index contributed by atoms with van der Waals surface area (Å²) in [7, 11) is 1.62. The first kappa shape index (κ1) is 20.2. The molecule has 1 atom stereocenters. The highest BCUT2D eigenvalue weighted by Crippen LogP contribution is 2.41. The van der Waals surface area contributed by atoms with E-state index in [4.69, 9.17) is 9.47 Å². The van der Waals surface area contributed by atoms with Crippen molar-refractivity contribution >= 4 is 11.8 Å². The van der Waals surface area contributed by atoms with Gasteiger partial charge in [0.1, 0.15) is 5.75 Å². The summed E-state index contributed by atoms with van der Waals surface area (Å²) in [6.45, 7) is 5.78. The van der Waals surface area contributed by atoms with Crippen molar-refractivity contribution in [1.29, 1.82) is 0 Å². The van der Waals surface area contributed by atoms with Crippen LogP contribution >= 0.6 is 0 Å². The topological polar surface area (TPSA) is 59.1 Å². The molecule has 3 aliphatic heterocycles. The Balaban J connectivity index is 1.40. The van der Waals surface area contributed by atoms with Gasteiger partial charge < -0.3 is 19.3 Å². The van der Waals surface area contributed by atoms with Crippen LogP contribution in [0.4, 0.5) is 0 Å². The molecule has 2 amide bonds. The standard InChI is InChI=1S/C23H32N2O4/c1-17-5-3-7-19(21(17)28-2)22(27)24-12-10-23(11-13-24)9-8-20(26)25(16-23)15-18-6-4-14-29-18/h3,5,7,18H,4,6,8-16H2,1-2H3/t18-/m1/s1. The van der Waals surface area contributed by atoms with Gasteiger partial charge in [-0.15, -0.1) is 0 Å². The number of benzene rings is 1. The summed E-state index contributed by atoms with van der Waals surface area (Å²) >= 11 is 0. The SMILES string of the molecule is COc1c(C)cccc1C(=O)N1CCC2(CCC(=O)N(C[C@H]3CCCO3)C2)CC1. The van der Waals surface area contributed by atoms with E-state index >= 15 is 0 Å². The minimum atomic E-state index is 0.0449. The summed E-state index contributed by atoms with van der Waals surface area (Å²) in [5.74, 6) is 0.974. The summed E-state index contributed by atoms with van der Waals surface area (Å²) in [5.41, 5.74) is 1.75. The Labute approximate surface area is 173 Å². The molecule has 1 spiro atoms. The Morgan fingerprint density at radius 2 is 2.07 bits per heavy atom. The van der Waals surface area contributed by atoms with Crippen molar-refractivity contribution in [1.82, 2.24) is 9.80 Å². The smallest absolute Gasteiger partial charge is 0.257 e. The molecule has 158 valence electrons. The number of rotatable bonds is 4. The highest BCUT2D eigenvalue weighted by Gasteiger charge is 2.42. The van der Waals surface area contributed by atoms with Crippen molar-refractivity contribution in [3.63, 3.8) is 0 Å². The van der Waals surface area contributed by atoms with E-state index in [1.54, 1.807) is 7.11 Å². The van der Waals surface area contributed by atoms with Crippen LogP contribution in [-0.4, -0.2) is 67.6 Å². The fraction of sp³-hybridized carbons (Fsp3) is 0.652. The maximum Gasteiger partial charge on any atom is 0.257 e. The van der Waals surface area contributed by atoms with Gasteiger partial charge in [-0.3, -0.25) is 9.59 Å². The maximum absolute atomic E-state index is 13.1. The Morgan fingerprint density at radius 1 is 1.28 bits per heavy atom. The molecule has 0 aliphatic carbocycles. The zero-order valence-corrected chi connectivity index (χ0v) is 17.6. The zero-order valence-electron chi connectivity index (χ0n) is 17.6. The molecule has 3 saturated heterocycles. The summed E-state index contributed by atoms with van der Waals surface area (Å²) in [6, 6.07) is 5.72. The van der Waals surface area contributed by atoms with Crippen molar-refractivity contribution < 1.29 is 19.1 Å². The van der Waals surface area contributed by atoms with Gasteiger partial charge in [0.05, 0.1) is 18.8 Å². The molecule has 3 fully saturated rings. The van der Waals surface area contributed by atoms with Crippen LogP contribution in [-0.2, 0) is 9.53 Å². The van der Waals surface area contributed by atoms with Gasteiger partial charge in [0.15, 0.2) is 0 Å². The number of hydrogen-bond acceptors (Lipinski definition) is 4. The van der Waals surface area contributed by atoms with Crippen LogP contribution in [0.2, 0.25) is 0 Å². The fourth-order valence-electron chi connectivity index (χ4n) is 5.16. The lowest BCUT2D eigenvalue weighted by molar-refractivity contribution is -0.141. The Morgan fingerprint density at radius 3 is 2.76 bits per heavy atom. The predicted molar refractivity (Wildman–Crippen MR) is 110 cm³/mol. The average molecular weight is 401 g/mol. The summed E-state index contributed by atoms with van der Waals surface area (Å²) in [4.78, 5) is 29.6. The van der Waals surface area contributed by atoms with E-state index in [0.29, 0.717) is 17.7 Å². The van der Waals surface area contributed by atoms with Crippen LogP contribution < -0.4 is 4.74 Å². The van der Waals surface area contributed by atoms with Gasteiger partial charge in [0.25, 0.3) is 5.91 Å². The third kappa shape index (κ3) is 4.13. The highest BCUT2D eigenvalue weighted by atomic mass is 16.5. The van der Waals surface area contributed by atoms with Crippen molar-refractivity contribution in [2.75, 3.05) is 39.9 Å². The molecule has 3 aliphatic rings. The van der Waals surface area contributed by atoms with Crippen molar-refractivity contribution in [2.24, 2.45) is 5.41 Å². The van der Waals surface area contributed by atoms with Gasteiger partial charge in [0, 0.05) is 39.2 Å². The molecule has 4 rings (SSSR count). The van der Waals surface area contributed by atoms with Crippen LogP contribution in [0.1, 0.15) is 54.4 Å².